The number of pyridine rings is 1. The first kappa shape index (κ1) is 29.3. The number of alkyl halides is 3. The van der Waals surface area contributed by atoms with Gasteiger partial charge in [0.1, 0.15) is 11.4 Å². The first-order valence-corrected chi connectivity index (χ1v) is 13.5. The Labute approximate surface area is 240 Å². The third kappa shape index (κ3) is 6.04. The number of para-hydroxylation sites is 1. The summed E-state index contributed by atoms with van der Waals surface area (Å²) in [6, 6.07) is 13.5. The van der Waals surface area contributed by atoms with Crippen molar-refractivity contribution < 1.29 is 27.4 Å². The number of rotatable bonds is 8. The van der Waals surface area contributed by atoms with Gasteiger partial charge in [-0.1, -0.05) is 38.1 Å². The number of hydrogen-bond donors (Lipinski definition) is 3. The van der Waals surface area contributed by atoms with Crippen LogP contribution in [0.5, 0.6) is 5.75 Å². The molecule has 2 aromatic carbocycles. The topological polar surface area (TPSA) is 101 Å². The zero-order chi connectivity index (χ0) is 30.2. The van der Waals surface area contributed by atoms with Gasteiger partial charge in [-0.3, -0.25) is 5.73 Å². The largest absolute Gasteiger partial charge is 0.491 e. The van der Waals surface area contributed by atoms with Crippen molar-refractivity contribution in [1.29, 1.82) is 0 Å². The van der Waals surface area contributed by atoms with E-state index in [-0.39, 0.29) is 12.4 Å². The normalized spacial score (nSPS) is 14.2. The molecule has 12 heteroatoms. The van der Waals surface area contributed by atoms with Gasteiger partial charge >= 0.3 is 6.18 Å². The van der Waals surface area contributed by atoms with Gasteiger partial charge in [-0.2, -0.15) is 18.3 Å². The molecule has 42 heavy (non-hydrogen) atoms. The minimum absolute atomic E-state index is 0.152. The lowest BCUT2D eigenvalue weighted by Gasteiger charge is -2.28. The number of benzene rings is 2. The quantitative estimate of drug-likeness (QED) is 0.182. The van der Waals surface area contributed by atoms with Crippen molar-refractivity contribution in [1.82, 2.24) is 14.8 Å². The molecule has 1 atom stereocenters. The zero-order valence-corrected chi connectivity index (χ0v) is 23.4. The Morgan fingerprint density at radius 1 is 1.14 bits per heavy atom. The standard InChI is InChI=1S/C30H32F4N6O2/c1-17(2)16-42-25-6-4-5-18(3)26(25)40-27(19-7-9-21(10-8-19)37-29(35)41)22-15-39(12-11-24(22)38-40)28-23(31)13-20(14-36-28)30(32,33)34/h4-10,13-14,17,29,37,41H,11-12,15-16,35H2,1-3H3. The van der Waals surface area contributed by atoms with Gasteiger partial charge in [0.15, 0.2) is 18.0 Å². The van der Waals surface area contributed by atoms with E-state index in [0.29, 0.717) is 49.2 Å². The van der Waals surface area contributed by atoms with Crippen molar-refractivity contribution in [3.63, 3.8) is 0 Å². The van der Waals surface area contributed by atoms with E-state index in [1.165, 1.54) is 0 Å². The van der Waals surface area contributed by atoms with Crippen LogP contribution in [0.25, 0.3) is 16.9 Å². The predicted molar refractivity (Wildman–Crippen MR) is 152 cm³/mol. The van der Waals surface area contributed by atoms with E-state index in [9.17, 15) is 22.7 Å². The summed E-state index contributed by atoms with van der Waals surface area (Å²) in [7, 11) is 0. The fraction of sp³-hybridized carbons (Fsp3) is 0.333. The number of anilines is 2. The lowest BCUT2D eigenvalue weighted by molar-refractivity contribution is -0.138. The molecule has 0 spiro atoms. The highest BCUT2D eigenvalue weighted by Crippen LogP contribution is 2.39. The van der Waals surface area contributed by atoms with Crippen LogP contribution in [0.15, 0.2) is 54.7 Å². The molecule has 1 aliphatic heterocycles. The van der Waals surface area contributed by atoms with E-state index in [1.54, 1.807) is 17.0 Å². The molecular weight excluding hydrogens is 552 g/mol. The smallest absolute Gasteiger partial charge is 0.417 e. The van der Waals surface area contributed by atoms with Crippen molar-refractivity contribution in [2.75, 3.05) is 23.4 Å². The maximum Gasteiger partial charge on any atom is 0.417 e. The molecule has 0 radical (unpaired) electrons. The molecule has 0 saturated heterocycles. The molecule has 4 aromatic rings. The van der Waals surface area contributed by atoms with Crippen LogP contribution in [0.4, 0.5) is 29.1 Å². The van der Waals surface area contributed by atoms with E-state index >= 15 is 0 Å². The molecule has 4 N–H and O–H groups in total. The predicted octanol–water partition coefficient (Wildman–Crippen LogP) is 5.64. The number of aliphatic hydroxyl groups is 1. The Morgan fingerprint density at radius 2 is 1.88 bits per heavy atom. The number of aromatic nitrogens is 3. The second kappa shape index (κ2) is 11.6. The van der Waals surface area contributed by atoms with E-state index in [4.69, 9.17) is 15.6 Å². The van der Waals surface area contributed by atoms with Gasteiger partial charge in [-0.05, 0) is 42.7 Å². The molecule has 5 rings (SSSR count). The van der Waals surface area contributed by atoms with Crippen LogP contribution < -0.4 is 20.7 Å². The molecule has 1 aliphatic rings. The van der Waals surface area contributed by atoms with Gasteiger partial charge in [0.25, 0.3) is 0 Å². The molecule has 2 aromatic heterocycles. The van der Waals surface area contributed by atoms with E-state index in [2.05, 4.69) is 24.1 Å². The minimum atomic E-state index is -4.69. The first-order chi connectivity index (χ1) is 19.9. The van der Waals surface area contributed by atoms with Crippen LogP contribution in [0.2, 0.25) is 0 Å². The number of ether oxygens (including phenoxy) is 1. The zero-order valence-electron chi connectivity index (χ0n) is 23.4. The third-order valence-corrected chi connectivity index (χ3v) is 6.94. The number of aryl methyl sites for hydroxylation is 1. The number of nitrogens with one attached hydrogen (secondary N) is 1. The van der Waals surface area contributed by atoms with Crippen molar-refractivity contribution >= 4 is 11.5 Å². The fourth-order valence-corrected chi connectivity index (χ4v) is 5.00. The monoisotopic (exact) mass is 584 g/mol. The second-order valence-electron chi connectivity index (χ2n) is 10.7. The van der Waals surface area contributed by atoms with Crippen LogP contribution in [0.1, 0.15) is 36.2 Å². The Morgan fingerprint density at radius 3 is 2.52 bits per heavy atom. The molecule has 0 fully saturated rings. The SMILES string of the molecule is Cc1cccc(OCC(C)C)c1-n1nc2c(c1-c1ccc(NC(N)O)cc1)CN(c1ncc(C(F)(F)F)cc1F)CC2. The van der Waals surface area contributed by atoms with Gasteiger partial charge in [-0.15, -0.1) is 0 Å². The molecule has 1 unspecified atom stereocenters. The number of fused-ring (bicyclic) bond motifs is 1. The van der Waals surface area contributed by atoms with Crippen molar-refractivity contribution in [2.24, 2.45) is 11.7 Å². The van der Waals surface area contributed by atoms with Crippen molar-refractivity contribution in [2.45, 2.75) is 46.3 Å². The summed E-state index contributed by atoms with van der Waals surface area (Å²) in [4.78, 5) is 5.48. The lowest BCUT2D eigenvalue weighted by Crippen LogP contribution is -2.32. The van der Waals surface area contributed by atoms with Crippen LogP contribution in [0, 0.1) is 18.7 Å². The van der Waals surface area contributed by atoms with E-state index in [0.717, 1.165) is 33.8 Å². The third-order valence-electron chi connectivity index (χ3n) is 6.94. The number of nitrogens with two attached hydrogens (primary N) is 1. The van der Waals surface area contributed by atoms with Gasteiger partial charge in [0.05, 0.1) is 23.6 Å². The molecule has 0 bridgehead atoms. The number of aliphatic hydroxyl groups excluding tert-OH is 1. The average Bonchev–Trinajstić information content (AvgIpc) is 3.29. The Bertz CT molecular complexity index is 1570. The fourth-order valence-electron chi connectivity index (χ4n) is 5.00. The molecule has 0 saturated carbocycles. The summed E-state index contributed by atoms with van der Waals surface area (Å²) in [6.45, 7) is 7.08. The summed E-state index contributed by atoms with van der Waals surface area (Å²) in [5, 5.41) is 17.2. The van der Waals surface area contributed by atoms with E-state index in [1.807, 2.05) is 41.9 Å². The van der Waals surface area contributed by atoms with Crippen LogP contribution in [-0.2, 0) is 19.1 Å². The number of hydrogen-bond acceptors (Lipinski definition) is 7. The average molecular weight is 585 g/mol. The highest BCUT2D eigenvalue weighted by atomic mass is 19.4. The second-order valence-corrected chi connectivity index (χ2v) is 10.7. The lowest BCUT2D eigenvalue weighted by atomic mass is 10.00. The van der Waals surface area contributed by atoms with Crippen molar-refractivity contribution in [3.05, 3.63) is 82.9 Å². The maximum absolute atomic E-state index is 15.0. The summed E-state index contributed by atoms with van der Waals surface area (Å²) in [6.07, 6.45) is -4.85. The molecule has 222 valence electrons. The highest BCUT2D eigenvalue weighted by Gasteiger charge is 2.34. The van der Waals surface area contributed by atoms with Gasteiger partial charge in [0.2, 0.25) is 0 Å². The van der Waals surface area contributed by atoms with Gasteiger partial charge in [-0.25, -0.2) is 14.1 Å². The number of halogens is 4. The van der Waals surface area contributed by atoms with Crippen LogP contribution in [-0.4, -0.2) is 39.4 Å². The Hall–Kier alpha value is -4.16. The molecule has 0 aliphatic carbocycles. The summed E-state index contributed by atoms with van der Waals surface area (Å²) >= 11 is 0. The van der Waals surface area contributed by atoms with Crippen LogP contribution >= 0.6 is 0 Å². The van der Waals surface area contributed by atoms with Gasteiger partial charge in [0, 0.05) is 42.5 Å². The van der Waals surface area contributed by atoms with E-state index < -0.39 is 23.9 Å². The minimum Gasteiger partial charge on any atom is -0.491 e. The number of nitrogens with zero attached hydrogens (tertiary/aromatic N) is 4. The molecule has 3 heterocycles. The Balaban J connectivity index is 1.62. The maximum atomic E-state index is 15.0. The van der Waals surface area contributed by atoms with Gasteiger partial charge < -0.3 is 20.1 Å². The van der Waals surface area contributed by atoms with Crippen LogP contribution in [0.3, 0.4) is 0 Å². The van der Waals surface area contributed by atoms with Crippen molar-refractivity contribution in [3.8, 4) is 22.7 Å². The summed E-state index contributed by atoms with van der Waals surface area (Å²) < 4.78 is 62.4. The Kier molecular flexibility index (Phi) is 8.11. The summed E-state index contributed by atoms with van der Waals surface area (Å²) in [5.74, 6) is -0.245. The molecule has 0 amide bonds. The highest BCUT2D eigenvalue weighted by molar-refractivity contribution is 5.72. The summed E-state index contributed by atoms with van der Waals surface area (Å²) in [5.41, 5.74) is 9.68. The molecular formula is C30H32F4N6O2. The molecule has 8 nitrogen and oxygen atoms in total. The first-order valence-electron chi connectivity index (χ1n) is 13.5.